The molecular weight excluding hydrogens is 293 g/mol. The summed E-state index contributed by atoms with van der Waals surface area (Å²) < 4.78 is 2.15. The van der Waals surface area contributed by atoms with E-state index in [2.05, 4.69) is 10.2 Å². The van der Waals surface area contributed by atoms with Gasteiger partial charge in [-0.05, 0) is 17.3 Å². The highest BCUT2D eigenvalue weighted by molar-refractivity contribution is 7.20. The maximum absolute atomic E-state index is 11.0. The third kappa shape index (κ3) is 1.80. The highest BCUT2D eigenvalue weighted by atomic mass is 35.5. The van der Waals surface area contributed by atoms with Gasteiger partial charge in [-0.25, -0.2) is 4.98 Å². The third-order valence-corrected chi connectivity index (χ3v) is 3.83. The van der Waals surface area contributed by atoms with E-state index in [-0.39, 0.29) is 5.82 Å². The number of nitroso groups, excluding NO2 is 1. The second kappa shape index (κ2) is 4.35. The van der Waals surface area contributed by atoms with Crippen molar-refractivity contribution in [3.63, 3.8) is 0 Å². The molecule has 3 rings (SSSR count). The number of halogens is 2. The molecule has 0 aliphatic rings. The van der Waals surface area contributed by atoms with Crippen LogP contribution in [-0.4, -0.2) is 9.38 Å². The number of rotatable bonds is 2. The Hall–Kier alpha value is -1.43. The average Bonchev–Trinajstić information content (AvgIpc) is 2.85. The van der Waals surface area contributed by atoms with Crippen LogP contribution in [-0.2, 0) is 0 Å². The van der Waals surface area contributed by atoms with Gasteiger partial charge in [0.2, 0.25) is 5.82 Å². The quantitative estimate of drug-likeness (QED) is 0.640. The number of thiazole rings is 1. The Balaban J connectivity index is 2.25. The van der Waals surface area contributed by atoms with Crippen LogP contribution in [0.1, 0.15) is 0 Å². The molecule has 2 aromatic heterocycles. The molecule has 0 radical (unpaired) electrons. The molecule has 0 N–H and O–H groups in total. The third-order valence-electron chi connectivity index (χ3n) is 2.48. The van der Waals surface area contributed by atoms with E-state index in [1.165, 1.54) is 11.3 Å². The molecule has 2 heterocycles. The van der Waals surface area contributed by atoms with Crippen LogP contribution in [0.4, 0.5) is 5.82 Å². The molecule has 0 amide bonds. The first-order valence-corrected chi connectivity index (χ1v) is 6.53. The number of benzene rings is 1. The van der Waals surface area contributed by atoms with E-state index in [4.69, 9.17) is 23.2 Å². The molecular formula is C11H5Cl2N3OS. The lowest BCUT2D eigenvalue weighted by Crippen LogP contribution is -1.79. The lowest BCUT2D eigenvalue weighted by atomic mass is 10.1. The second-order valence-electron chi connectivity index (χ2n) is 3.57. The minimum absolute atomic E-state index is 0.246. The summed E-state index contributed by atoms with van der Waals surface area (Å²) in [4.78, 5) is 16.0. The molecule has 0 unspecified atom stereocenters. The summed E-state index contributed by atoms with van der Waals surface area (Å²) in [5.41, 5.74) is 1.32. The van der Waals surface area contributed by atoms with Crippen LogP contribution in [0, 0.1) is 4.91 Å². The standard InChI is InChI=1S/C11H5Cl2N3OS/c12-7-3-1-6(2-4-7)9-10(15-17)16-5-8(13)18-11(16)14-9/h1-5H. The van der Waals surface area contributed by atoms with Crippen molar-refractivity contribution in [1.29, 1.82) is 0 Å². The lowest BCUT2D eigenvalue weighted by molar-refractivity contribution is 1.20. The molecule has 3 aromatic rings. The van der Waals surface area contributed by atoms with Gasteiger partial charge >= 0.3 is 0 Å². The van der Waals surface area contributed by atoms with Crippen molar-refractivity contribution < 1.29 is 0 Å². The van der Waals surface area contributed by atoms with Crippen molar-refractivity contribution in [1.82, 2.24) is 9.38 Å². The molecule has 0 spiro atoms. The van der Waals surface area contributed by atoms with Gasteiger partial charge in [-0.2, -0.15) is 0 Å². The van der Waals surface area contributed by atoms with Gasteiger partial charge in [0, 0.05) is 16.8 Å². The predicted octanol–water partition coefficient (Wildman–Crippen LogP) is 4.77. The van der Waals surface area contributed by atoms with E-state index in [0.717, 1.165) is 5.56 Å². The van der Waals surface area contributed by atoms with Crippen molar-refractivity contribution in [3.8, 4) is 11.3 Å². The molecule has 18 heavy (non-hydrogen) atoms. The maximum atomic E-state index is 11.0. The second-order valence-corrected chi connectivity index (χ2v) is 5.65. The molecule has 0 saturated carbocycles. The number of hydrogen-bond acceptors (Lipinski definition) is 4. The van der Waals surface area contributed by atoms with Crippen LogP contribution < -0.4 is 0 Å². The molecule has 0 aliphatic carbocycles. The normalized spacial score (nSPS) is 11.0. The molecule has 0 bridgehead atoms. The Kier molecular flexibility index (Phi) is 2.81. The van der Waals surface area contributed by atoms with Crippen LogP contribution in [0.15, 0.2) is 35.6 Å². The fourth-order valence-electron chi connectivity index (χ4n) is 1.70. The minimum atomic E-state index is 0.246. The zero-order valence-corrected chi connectivity index (χ0v) is 11.1. The van der Waals surface area contributed by atoms with Gasteiger partial charge in [-0.15, -0.1) is 4.91 Å². The first kappa shape index (κ1) is 11.6. The molecule has 0 fully saturated rings. The molecule has 4 nitrogen and oxygen atoms in total. The summed E-state index contributed by atoms with van der Waals surface area (Å²) in [6, 6.07) is 7.08. The number of nitrogens with zero attached hydrogens (tertiary/aromatic N) is 3. The van der Waals surface area contributed by atoms with Gasteiger partial charge in [0.25, 0.3) is 0 Å². The predicted molar refractivity (Wildman–Crippen MR) is 74.0 cm³/mol. The van der Waals surface area contributed by atoms with Gasteiger partial charge in [0.05, 0.1) is 0 Å². The number of imidazole rings is 1. The first-order chi connectivity index (χ1) is 8.69. The summed E-state index contributed by atoms with van der Waals surface area (Å²) in [6.07, 6.45) is 1.63. The van der Waals surface area contributed by atoms with Crippen molar-refractivity contribution in [2.45, 2.75) is 0 Å². The van der Waals surface area contributed by atoms with E-state index in [1.54, 1.807) is 34.9 Å². The van der Waals surface area contributed by atoms with Gasteiger partial charge in [-0.3, -0.25) is 4.40 Å². The van der Waals surface area contributed by atoms with E-state index in [1.807, 2.05) is 0 Å². The number of aromatic nitrogens is 2. The average molecular weight is 298 g/mol. The van der Waals surface area contributed by atoms with E-state index in [0.29, 0.717) is 20.0 Å². The Morgan fingerprint density at radius 1 is 1.22 bits per heavy atom. The Bertz CT molecular complexity index is 733. The van der Waals surface area contributed by atoms with E-state index in [9.17, 15) is 4.91 Å². The van der Waals surface area contributed by atoms with Gasteiger partial charge in [0.15, 0.2) is 4.96 Å². The topological polar surface area (TPSA) is 46.7 Å². The van der Waals surface area contributed by atoms with Crippen molar-refractivity contribution in [2.75, 3.05) is 0 Å². The Morgan fingerprint density at radius 2 is 1.94 bits per heavy atom. The highest BCUT2D eigenvalue weighted by Crippen LogP contribution is 2.35. The highest BCUT2D eigenvalue weighted by Gasteiger charge is 2.16. The minimum Gasteiger partial charge on any atom is -0.270 e. The SMILES string of the molecule is O=Nc1c(-c2ccc(Cl)cc2)nc2sc(Cl)cn12. The van der Waals surface area contributed by atoms with Crippen LogP contribution >= 0.6 is 34.5 Å². The van der Waals surface area contributed by atoms with Crippen LogP contribution in [0.3, 0.4) is 0 Å². The molecule has 0 aliphatic heterocycles. The Labute approximate surface area is 116 Å². The zero-order valence-electron chi connectivity index (χ0n) is 8.80. The largest absolute Gasteiger partial charge is 0.270 e. The van der Waals surface area contributed by atoms with Crippen LogP contribution in [0.2, 0.25) is 9.36 Å². The summed E-state index contributed by atoms with van der Waals surface area (Å²) >= 11 is 13.0. The molecule has 0 saturated heterocycles. The van der Waals surface area contributed by atoms with Crippen molar-refractivity contribution >= 4 is 45.3 Å². The van der Waals surface area contributed by atoms with Gasteiger partial charge < -0.3 is 0 Å². The van der Waals surface area contributed by atoms with E-state index < -0.39 is 0 Å². The summed E-state index contributed by atoms with van der Waals surface area (Å²) in [5.74, 6) is 0.246. The van der Waals surface area contributed by atoms with E-state index >= 15 is 0 Å². The van der Waals surface area contributed by atoms with Gasteiger partial charge in [-0.1, -0.05) is 46.7 Å². The molecule has 0 atom stereocenters. The lowest BCUT2D eigenvalue weighted by Gasteiger charge is -1.97. The fraction of sp³-hybridized carbons (Fsp3) is 0. The van der Waals surface area contributed by atoms with Gasteiger partial charge in [0.1, 0.15) is 10.0 Å². The number of hydrogen-bond donors (Lipinski definition) is 0. The molecule has 1 aromatic carbocycles. The fourth-order valence-corrected chi connectivity index (χ4v) is 2.83. The van der Waals surface area contributed by atoms with Crippen molar-refractivity contribution in [3.05, 3.63) is 44.7 Å². The van der Waals surface area contributed by atoms with Crippen molar-refractivity contribution in [2.24, 2.45) is 5.18 Å². The summed E-state index contributed by atoms with van der Waals surface area (Å²) in [7, 11) is 0. The first-order valence-electron chi connectivity index (χ1n) is 4.96. The Morgan fingerprint density at radius 3 is 2.61 bits per heavy atom. The molecule has 90 valence electrons. The zero-order chi connectivity index (χ0) is 12.7. The smallest absolute Gasteiger partial charge is 0.210 e. The summed E-state index contributed by atoms with van der Waals surface area (Å²) in [6.45, 7) is 0. The maximum Gasteiger partial charge on any atom is 0.210 e. The summed E-state index contributed by atoms with van der Waals surface area (Å²) in [5, 5.41) is 3.66. The number of fused-ring (bicyclic) bond motifs is 1. The molecule has 7 heteroatoms. The van der Waals surface area contributed by atoms with Crippen LogP contribution in [0.5, 0.6) is 0 Å². The van der Waals surface area contributed by atoms with Crippen LogP contribution in [0.25, 0.3) is 16.2 Å². The monoisotopic (exact) mass is 297 g/mol.